The first-order valence-electron chi connectivity index (χ1n) is 6.48. The van der Waals surface area contributed by atoms with E-state index in [2.05, 4.69) is 0 Å². The average molecular weight is 304 g/mol. The Kier molecular flexibility index (Phi) is 3.90. The molecule has 1 fully saturated rings. The Morgan fingerprint density at radius 2 is 2.11 bits per heavy atom. The second-order valence-electron chi connectivity index (χ2n) is 5.85. The molecule has 0 aromatic carbocycles. The number of ether oxygens (including phenoxy) is 1. The normalized spacial score (nSPS) is 35.3. The van der Waals surface area contributed by atoms with Crippen molar-refractivity contribution in [2.24, 2.45) is 5.41 Å². The van der Waals surface area contributed by atoms with E-state index in [1.165, 1.54) is 0 Å². The second kappa shape index (κ2) is 5.02. The smallest absolute Gasteiger partial charge is 0.410 e. The van der Waals surface area contributed by atoms with E-state index in [4.69, 9.17) is 27.9 Å². The zero-order valence-corrected chi connectivity index (χ0v) is 13.1. The van der Waals surface area contributed by atoms with Crippen LogP contribution in [0.4, 0.5) is 4.79 Å². The molecule has 0 aromatic heterocycles. The molecule has 1 unspecified atom stereocenters. The molecule has 1 heterocycles. The van der Waals surface area contributed by atoms with E-state index in [0.29, 0.717) is 16.5 Å². The minimum atomic E-state index is -0.359. The number of allylic oxidation sites excluding steroid dienone is 3. The topological polar surface area (TPSA) is 29.5 Å². The van der Waals surface area contributed by atoms with Gasteiger partial charge in [-0.05, 0) is 33.3 Å². The molecule has 0 aromatic rings. The van der Waals surface area contributed by atoms with Crippen LogP contribution in [0.25, 0.3) is 0 Å². The highest BCUT2D eigenvalue weighted by Gasteiger charge is 2.49. The summed E-state index contributed by atoms with van der Waals surface area (Å²) in [6, 6.07) is 0.117. The van der Waals surface area contributed by atoms with Crippen molar-refractivity contribution in [2.45, 2.75) is 52.3 Å². The molecule has 0 saturated carbocycles. The number of rotatable bonds is 2. The highest BCUT2D eigenvalue weighted by molar-refractivity contribution is 6.35. The number of amides is 1. The molecule has 2 aliphatic rings. The van der Waals surface area contributed by atoms with Gasteiger partial charge in [0.1, 0.15) is 6.10 Å². The van der Waals surface area contributed by atoms with Crippen molar-refractivity contribution in [3.05, 3.63) is 22.2 Å². The molecular weight excluding hydrogens is 285 g/mol. The van der Waals surface area contributed by atoms with Crippen LogP contribution in [0.2, 0.25) is 0 Å². The van der Waals surface area contributed by atoms with E-state index in [-0.39, 0.29) is 29.7 Å². The molecular formula is C14H19Cl2NO2. The highest BCUT2D eigenvalue weighted by Crippen LogP contribution is 2.44. The van der Waals surface area contributed by atoms with Crippen LogP contribution in [-0.4, -0.2) is 29.2 Å². The summed E-state index contributed by atoms with van der Waals surface area (Å²) in [5.41, 5.74) is -0.359. The first-order valence-corrected chi connectivity index (χ1v) is 7.23. The lowest BCUT2D eigenvalue weighted by Gasteiger charge is -2.36. The maximum absolute atomic E-state index is 12.0. The van der Waals surface area contributed by atoms with Gasteiger partial charge in [-0.1, -0.05) is 36.2 Å². The number of carbonyl (C=O) groups excluding carboxylic acids is 1. The number of carbonyl (C=O) groups is 1. The Hall–Kier alpha value is -0.670. The van der Waals surface area contributed by atoms with Crippen molar-refractivity contribution in [2.75, 3.05) is 0 Å². The van der Waals surface area contributed by atoms with Crippen LogP contribution in [0.5, 0.6) is 0 Å². The summed E-state index contributed by atoms with van der Waals surface area (Å²) in [5.74, 6) is 0. The van der Waals surface area contributed by atoms with E-state index < -0.39 is 0 Å². The van der Waals surface area contributed by atoms with E-state index in [1.54, 1.807) is 11.0 Å². The standard InChI is InChI=1S/C14H19Cl2NO2/c1-8(2)17-9(3)12(19-13(17)18)14(4)6-10(15)5-11(16)7-14/h5-6,8-9,12H,7H2,1-4H3/t9-,12+,14?/m1/s1. The van der Waals surface area contributed by atoms with Crippen LogP contribution in [0.3, 0.4) is 0 Å². The second-order valence-corrected chi connectivity index (χ2v) is 6.77. The van der Waals surface area contributed by atoms with Gasteiger partial charge in [-0.15, -0.1) is 0 Å². The van der Waals surface area contributed by atoms with Gasteiger partial charge in [-0.3, -0.25) is 4.90 Å². The third kappa shape index (κ3) is 2.63. The molecule has 0 radical (unpaired) electrons. The summed E-state index contributed by atoms with van der Waals surface area (Å²) in [6.07, 6.45) is 3.83. The number of nitrogens with zero attached hydrogens (tertiary/aromatic N) is 1. The van der Waals surface area contributed by atoms with Crippen molar-refractivity contribution in [1.82, 2.24) is 4.90 Å². The van der Waals surface area contributed by atoms with Crippen molar-refractivity contribution in [1.29, 1.82) is 0 Å². The molecule has 0 bridgehead atoms. The molecule has 3 atom stereocenters. The predicted octanol–water partition coefficient (Wildman–Crippen LogP) is 4.26. The Labute approximate surface area is 124 Å². The minimum absolute atomic E-state index is 0.000725. The largest absolute Gasteiger partial charge is 0.443 e. The van der Waals surface area contributed by atoms with Crippen LogP contribution in [-0.2, 0) is 4.74 Å². The molecule has 3 nitrogen and oxygen atoms in total. The predicted molar refractivity (Wildman–Crippen MR) is 77.3 cm³/mol. The first-order chi connectivity index (χ1) is 8.74. The van der Waals surface area contributed by atoms with Crippen molar-refractivity contribution in [3.63, 3.8) is 0 Å². The van der Waals surface area contributed by atoms with Gasteiger partial charge in [0.25, 0.3) is 0 Å². The average Bonchev–Trinajstić information content (AvgIpc) is 2.52. The number of hydrogen-bond donors (Lipinski definition) is 0. The SMILES string of the molecule is CC(C)N1C(=O)O[C@H](C2(C)C=C(Cl)C=C(Cl)C2)[C@H]1C. The Morgan fingerprint density at radius 3 is 2.58 bits per heavy atom. The van der Waals surface area contributed by atoms with Gasteiger partial charge in [0, 0.05) is 21.5 Å². The molecule has 106 valence electrons. The Bertz CT molecular complexity index is 458. The molecule has 19 heavy (non-hydrogen) atoms. The lowest BCUT2D eigenvalue weighted by molar-refractivity contribution is 0.0641. The summed E-state index contributed by atoms with van der Waals surface area (Å²) >= 11 is 12.2. The third-order valence-electron chi connectivity index (χ3n) is 3.83. The Morgan fingerprint density at radius 1 is 1.47 bits per heavy atom. The van der Waals surface area contributed by atoms with Gasteiger partial charge in [0.2, 0.25) is 0 Å². The lowest BCUT2D eigenvalue weighted by Crippen LogP contribution is -2.44. The third-order valence-corrected chi connectivity index (χ3v) is 4.29. The molecule has 5 heteroatoms. The summed E-state index contributed by atoms with van der Waals surface area (Å²) in [6.45, 7) is 8.01. The molecule has 0 N–H and O–H groups in total. The summed E-state index contributed by atoms with van der Waals surface area (Å²) < 4.78 is 5.58. The van der Waals surface area contributed by atoms with E-state index >= 15 is 0 Å². The van der Waals surface area contributed by atoms with Crippen LogP contribution in [0.1, 0.15) is 34.1 Å². The van der Waals surface area contributed by atoms with Crippen LogP contribution < -0.4 is 0 Å². The first kappa shape index (κ1) is 14.7. The van der Waals surface area contributed by atoms with Crippen molar-refractivity contribution < 1.29 is 9.53 Å². The number of hydrogen-bond acceptors (Lipinski definition) is 2. The van der Waals surface area contributed by atoms with Gasteiger partial charge >= 0.3 is 6.09 Å². The summed E-state index contributed by atoms with van der Waals surface area (Å²) in [4.78, 5) is 13.8. The quantitative estimate of drug-likeness (QED) is 0.763. The maximum Gasteiger partial charge on any atom is 0.410 e. The molecule has 1 aliphatic heterocycles. The summed E-state index contributed by atoms with van der Waals surface area (Å²) in [7, 11) is 0. The zero-order valence-electron chi connectivity index (χ0n) is 11.6. The molecule has 1 saturated heterocycles. The van der Waals surface area contributed by atoms with Gasteiger partial charge in [-0.25, -0.2) is 4.79 Å². The Balaban J connectivity index is 2.29. The zero-order chi connectivity index (χ0) is 14.4. The number of halogens is 2. The molecule has 2 rings (SSSR count). The summed E-state index contributed by atoms with van der Waals surface area (Å²) in [5, 5.41) is 1.30. The van der Waals surface area contributed by atoms with Crippen LogP contribution in [0, 0.1) is 5.41 Å². The minimum Gasteiger partial charge on any atom is -0.443 e. The lowest BCUT2D eigenvalue weighted by atomic mass is 9.76. The van der Waals surface area contributed by atoms with Crippen LogP contribution in [0.15, 0.2) is 22.2 Å². The monoisotopic (exact) mass is 303 g/mol. The van der Waals surface area contributed by atoms with Gasteiger partial charge in [0.15, 0.2) is 0 Å². The fourth-order valence-corrected chi connectivity index (χ4v) is 3.94. The van der Waals surface area contributed by atoms with E-state index in [1.807, 2.05) is 33.8 Å². The van der Waals surface area contributed by atoms with Gasteiger partial charge < -0.3 is 4.74 Å². The molecule has 1 aliphatic carbocycles. The maximum atomic E-state index is 12.0. The molecule has 1 amide bonds. The molecule has 0 spiro atoms. The van der Waals surface area contributed by atoms with Crippen molar-refractivity contribution in [3.8, 4) is 0 Å². The fourth-order valence-electron chi connectivity index (χ4n) is 3.10. The van der Waals surface area contributed by atoms with Crippen LogP contribution >= 0.6 is 23.2 Å². The fraction of sp³-hybridized carbons (Fsp3) is 0.643. The van der Waals surface area contributed by atoms with Gasteiger partial charge in [0.05, 0.1) is 6.04 Å². The van der Waals surface area contributed by atoms with Gasteiger partial charge in [-0.2, -0.15) is 0 Å². The van der Waals surface area contributed by atoms with E-state index in [0.717, 1.165) is 0 Å². The van der Waals surface area contributed by atoms with Crippen molar-refractivity contribution >= 4 is 29.3 Å². The number of cyclic esters (lactones) is 1. The van der Waals surface area contributed by atoms with E-state index in [9.17, 15) is 4.79 Å². The highest BCUT2D eigenvalue weighted by atomic mass is 35.5.